The van der Waals surface area contributed by atoms with Gasteiger partial charge in [0.25, 0.3) is 0 Å². The number of fused-ring (bicyclic) bond motifs is 16. The Balaban J connectivity index is 0.789. The Hall–Kier alpha value is -9.68. The zero-order chi connectivity index (χ0) is 48.1. The van der Waals surface area contributed by atoms with Crippen molar-refractivity contribution in [2.24, 2.45) is 0 Å². The number of aryl methyl sites for hydroxylation is 2. The third-order valence-corrected chi connectivity index (χ3v) is 14.4. The summed E-state index contributed by atoms with van der Waals surface area (Å²) in [4.78, 5) is 130. The van der Waals surface area contributed by atoms with Gasteiger partial charge in [0.1, 0.15) is 22.1 Å². The maximum absolute atomic E-state index is 14.2. The maximum atomic E-state index is 14.2. The van der Waals surface area contributed by atoms with Crippen molar-refractivity contribution in [2.75, 3.05) is 0 Å². The number of hydrogen-bond acceptors (Lipinski definition) is 12. The minimum absolute atomic E-state index is 0.131. The summed E-state index contributed by atoms with van der Waals surface area (Å²) in [7, 11) is 0. The molecule has 0 radical (unpaired) electrons. The van der Waals surface area contributed by atoms with Gasteiger partial charge in [-0.3, -0.25) is 38.4 Å². The average Bonchev–Trinajstić information content (AvgIpc) is 3.40. The molecule has 0 unspecified atom stereocenters. The van der Waals surface area contributed by atoms with E-state index in [9.17, 15) is 38.4 Å². The Labute approximate surface area is 394 Å². The number of nitrogens with zero attached hydrogens (tertiary/aromatic N) is 4. The fourth-order valence-electron chi connectivity index (χ4n) is 10.9. The van der Waals surface area contributed by atoms with Crippen LogP contribution < -0.4 is 43.4 Å². The molecule has 0 bridgehead atoms. The molecule has 0 aliphatic heterocycles. The van der Waals surface area contributed by atoms with E-state index in [4.69, 9.17) is 19.9 Å². The molecule has 12 nitrogen and oxygen atoms in total. The summed E-state index contributed by atoms with van der Waals surface area (Å²) in [5.74, 6) is 0. The van der Waals surface area contributed by atoms with Gasteiger partial charge in [0.05, 0.1) is 43.6 Å². The Morgan fingerprint density at radius 2 is 0.507 bits per heavy atom. The van der Waals surface area contributed by atoms with E-state index in [1.165, 1.54) is 0 Å². The van der Waals surface area contributed by atoms with Crippen LogP contribution in [0.2, 0.25) is 0 Å². The van der Waals surface area contributed by atoms with Gasteiger partial charge in [0.2, 0.25) is 0 Å². The Morgan fingerprint density at radius 3 is 0.817 bits per heavy atom. The van der Waals surface area contributed by atoms with E-state index >= 15 is 0 Å². The topological polar surface area (TPSA) is 188 Å². The minimum Gasteiger partial charge on any atom is -0.289 e. The maximum Gasteiger partial charge on any atom is 0.196 e. The molecule has 0 saturated heterocycles. The molecular weight excluding hydrogens is 893 g/mol. The quantitative estimate of drug-likeness (QED) is 0.123. The van der Waals surface area contributed by atoms with Crippen molar-refractivity contribution in [3.63, 3.8) is 0 Å². The Kier molecular flexibility index (Phi) is 8.20. The highest BCUT2D eigenvalue weighted by Gasteiger charge is 2.22. The second-order valence-corrected chi connectivity index (χ2v) is 18.2. The van der Waals surface area contributed by atoms with E-state index in [0.717, 1.165) is 11.1 Å². The molecule has 0 N–H and O–H groups in total. The summed E-state index contributed by atoms with van der Waals surface area (Å²) in [5.41, 5.74) is 1.23. The Bertz CT molecular complexity index is 5020. The van der Waals surface area contributed by atoms with Crippen molar-refractivity contribution >= 4 is 130 Å². The molecule has 12 heteroatoms. The lowest BCUT2D eigenvalue weighted by Gasteiger charge is -2.09. The van der Waals surface area contributed by atoms with Crippen molar-refractivity contribution in [3.8, 4) is 0 Å². The molecule has 0 spiro atoms. The zero-order valence-electron chi connectivity index (χ0n) is 36.9. The number of benzene rings is 12. The van der Waals surface area contributed by atoms with Crippen molar-refractivity contribution < 1.29 is 0 Å². The molecule has 0 saturated carbocycles. The molecule has 0 fully saturated rings. The summed E-state index contributed by atoms with van der Waals surface area (Å²) < 4.78 is 0. The lowest BCUT2D eigenvalue weighted by atomic mass is 9.95. The van der Waals surface area contributed by atoms with E-state index < -0.39 is 0 Å². The molecule has 2 aromatic heterocycles. The normalized spacial score (nSPS) is 12.3. The summed E-state index contributed by atoms with van der Waals surface area (Å²) in [6, 6.07) is 36.4. The largest absolute Gasteiger partial charge is 0.289 e. The van der Waals surface area contributed by atoms with Crippen molar-refractivity contribution in [2.45, 2.75) is 19.3 Å². The van der Waals surface area contributed by atoms with Crippen LogP contribution in [0.3, 0.4) is 0 Å². The first-order valence-electron chi connectivity index (χ1n) is 22.9. The molecular formula is C59H28N4O8. The highest BCUT2D eigenvalue weighted by molar-refractivity contribution is 6.16. The van der Waals surface area contributed by atoms with Crippen LogP contribution in [-0.2, 0) is 12.8 Å². The monoisotopic (exact) mass is 920 g/mol. The molecule has 332 valence electrons. The predicted molar refractivity (Wildman–Crippen MR) is 281 cm³/mol. The average molecular weight is 921 g/mol. The van der Waals surface area contributed by atoms with Gasteiger partial charge in [-0.05, 0) is 91.1 Å². The van der Waals surface area contributed by atoms with Gasteiger partial charge in [-0.2, -0.15) is 0 Å². The first-order valence-corrected chi connectivity index (χ1v) is 22.9. The molecule has 2 heterocycles. The van der Waals surface area contributed by atoms with Crippen LogP contribution in [0, 0.1) is 0 Å². The lowest BCUT2D eigenvalue weighted by Crippen LogP contribution is -2.15. The molecule has 0 aliphatic rings. The standard InChI is InChI=1S/C59H28N4O8/c64-52-28-8-1-3-10-30(28)56(68)44-34(52)16-20-40-48(44)60-42-22-18-36-46(50(42)62-40)58(70)32-14-12-26(24-38(32)54(36)66)6-5-7-27-13-15-33-39(25-27)55(67)37-19-23-43-51(47(37)59(33)71)63-41-21-17-35-45(49(41)61-43)57(69)31-11-4-2-9-29(31)53(35)65/h1-4,8-25H,5-7H2. The third kappa shape index (κ3) is 5.55. The molecule has 14 aromatic rings. The van der Waals surface area contributed by atoms with Crippen LogP contribution in [0.25, 0.3) is 130 Å². The van der Waals surface area contributed by atoms with Gasteiger partial charge >= 0.3 is 0 Å². The van der Waals surface area contributed by atoms with Crippen molar-refractivity contribution in [1.82, 2.24) is 19.9 Å². The lowest BCUT2D eigenvalue weighted by molar-refractivity contribution is 0.822. The zero-order valence-corrected chi connectivity index (χ0v) is 36.9. The van der Waals surface area contributed by atoms with Crippen LogP contribution in [0.15, 0.2) is 172 Å². The molecule has 12 aromatic carbocycles. The molecule has 0 amide bonds. The molecule has 0 aliphatic carbocycles. The van der Waals surface area contributed by atoms with Gasteiger partial charge in [0, 0.05) is 64.6 Å². The predicted octanol–water partition coefficient (Wildman–Crippen LogP) is 7.91. The van der Waals surface area contributed by atoms with Gasteiger partial charge in [0.15, 0.2) is 43.4 Å². The molecule has 14 rings (SSSR count). The number of aromatic nitrogens is 4. The second kappa shape index (κ2) is 14.4. The highest BCUT2D eigenvalue weighted by Crippen LogP contribution is 2.30. The van der Waals surface area contributed by atoms with Crippen LogP contribution in [0.4, 0.5) is 0 Å². The van der Waals surface area contributed by atoms with Crippen LogP contribution in [0.5, 0.6) is 0 Å². The van der Waals surface area contributed by atoms with Crippen LogP contribution >= 0.6 is 0 Å². The summed E-state index contributed by atoms with van der Waals surface area (Å²) in [6.07, 6.45) is 1.73. The van der Waals surface area contributed by atoms with Crippen LogP contribution in [0.1, 0.15) is 17.5 Å². The highest BCUT2D eigenvalue weighted by atomic mass is 16.1. The fourth-order valence-corrected chi connectivity index (χ4v) is 10.9. The SMILES string of the molecule is O=c1c2ccccc2c(=O)c2c1ccc1nc3c(ccc4c(=O)c5cc(CCCc6ccc7c(=O)c8c(ccc9nc%10c(ccc%11c(=O)c%12ccccc%12c(=O)c%11%10)nc98)c(=O)c7c6)ccc5c(=O)c43)nc12. The number of rotatable bonds is 4. The van der Waals surface area contributed by atoms with Crippen molar-refractivity contribution in [3.05, 3.63) is 226 Å². The van der Waals surface area contributed by atoms with Gasteiger partial charge in [-0.25, -0.2) is 19.9 Å². The van der Waals surface area contributed by atoms with Gasteiger partial charge in [-0.15, -0.1) is 0 Å². The molecule has 71 heavy (non-hydrogen) atoms. The minimum atomic E-state index is -0.374. The molecule has 0 atom stereocenters. The summed E-state index contributed by atoms with van der Waals surface area (Å²) in [5, 5.41) is 3.71. The van der Waals surface area contributed by atoms with E-state index in [0.29, 0.717) is 52.1 Å². The fraction of sp³-hybridized carbons (Fsp3) is 0.0508. The van der Waals surface area contributed by atoms with Gasteiger partial charge < -0.3 is 0 Å². The second-order valence-electron chi connectivity index (χ2n) is 18.2. The summed E-state index contributed by atoms with van der Waals surface area (Å²) >= 11 is 0. The van der Waals surface area contributed by atoms with E-state index in [2.05, 4.69) is 0 Å². The van der Waals surface area contributed by atoms with Crippen molar-refractivity contribution in [1.29, 1.82) is 0 Å². The number of hydrogen-bond donors (Lipinski definition) is 0. The van der Waals surface area contributed by atoms with E-state index in [-0.39, 0.29) is 141 Å². The smallest absolute Gasteiger partial charge is 0.196 e. The first kappa shape index (κ1) is 40.4. The van der Waals surface area contributed by atoms with E-state index in [1.807, 2.05) is 12.1 Å². The third-order valence-electron chi connectivity index (χ3n) is 14.4. The first-order chi connectivity index (χ1) is 34.5. The van der Waals surface area contributed by atoms with Gasteiger partial charge in [-0.1, -0.05) is 72.8 Å². The summed E-state index contributed by atoms with van der Waals surface area (Å²) in [6.45, 7) is 0. The Morgan fingerprint density at radius 1 is 0.254 bits per heavy atom. The van der Waals surface area contributed by atoms with E-state index in [1.54, 1.807) is 121 Å². The van der Waals surface area contributed by atoms with Crippen LogP contribution in [-0.4, -0.2) is 19.9 Å².